The number of sulfonamides is 1. The number of amides is 1. The molecule has 0 saturated heterocycles. The van der Waals surface area contributed by atoms with E-state index < -0.39 is 21.5 Å². The number of aryl methyl sites for hydroxylation is 1. The Morgan fingerprint density at radius 3 is 2.41 bits per heavy atom. The molecule has 22 heavy (non-hydrogen) atoms. The van der Waals surface area contributed by atoms with Crippen molar-refractivity contribution in [1.82, 2.24) is 9.62 Å². The zero-order valence-corrected chi connectivity index (χ0v) is 14.7. The predicted octanol–water partition coefficient (Wildman–Crippen LogP) is 0.942. The number of hydrogen-bond acceptors (Lipinski definition) is 5. The van der Waals surface area contributed by atoms with Crippen LogP contribution >= 0.6 is 0 Å². The number of nitrogens with zero attached hydrogens (tertiary/aromatic N) is 1. The largest absolute Gasteiger partial charge is 0.455 e. The number of furan rings is 1. The smallest absolute Gasteiger partial charge is 0.287 e. The molecule has 0 radical (unpaired) electrons. The van der Waals surface area contributed by atoms with Crippen LogP contribution in [-0.4, -0.2) is 44.8 Å². The van der Waals surface area contributed by atoms with Crippen LogP contribution in [0.4, 0.5) is 0 Å². The maximum atomic E-state index is 12.3. The Morgan fingerprint density at radius 1 is 1.45 bits per heavy atom. The van der Waals surface area contributed by atoms with Gasteiger partial charge < -0.3 is 15.5 Å². The van der Waals surface area contributed by atoms with Crippen LogP contribution in [0.3, 0.4) is 0 Å². The number of hydrogen-bond donors (Lipinski definition) is 2. The van der Waals surface area contributed by atoms with Crippen LogP contribution in [0.25, 0.3) is 0 Å². The quantitative estimate of drug-likeness (QED) is 0.807. The fourth-order valence-corrected chi connectivity index (χ4v) is 2.84. The van der Waals surface area contributed by atoms with E-state index in [0.717, 1.165) is 4.31 Å². The third-order valence-electron chi connectivity index (χ3n) is 3.95. The molecular weight excluding hydrogens is 306 g/mol. The molecule has 7 nitrogen and oxygen atoms in total. The van der Waals surface area contributed by atoms with Gasteiger partial charge in [-0.05, 0) is 19.8 Å². The Kier molecular flexibility index (Phi) is 5.42. The average molecular weight is 331 g/mol. The molecule has 126 valence electrons. The second-order valence-corrected chi connectivity index (χ2v) is 8.17. The summed E-state index contributed by atoms with van der Waals surface area (Å²) in [5, 5.41) is 2.81. The van der Waals surface area contributed by atoms with Crippen molar-refractivity contribution >= 4 is 15.9 Å². The molecule has 0 aromatic carbocycles. The topological polar surface area (TPSA) is 106 Å². The monoisotopic (exact) mass is 331 g/mol. The van der Waals surface area contributed by atoms with Crippen molar-refractivity contribution in [3.63, 3.8) is 0 Å². The van der Waals surface area contributed by atoms with Crippen molar-refractivity contribution < 1.29 is 17.6 Å². The summed E-state index contributed by atoms with van der Waals surface area (Å²) in [5.74, 6) is -0.233. The summed E-state index contributed by atoms with van der Waals surface area (Å²) < 4.78 is 30.7. The Hall–Kier alpha value is -1.38. The van der Waals surface area contributed by atoms with Gasteiger partial charge in [0.2, 0.25) is 10.0 Å². The minimum atomic E-state index is -3.65. The van der Waals surface area contributed by atoms with Crippen LogP contribution in [0.1, 0.15) is 37.1 Å². The lowest BCUT2D eigenvalue weighted by Gasteiger charge is -2.33. The average Bonchev–Trinajstić information content (AvgIpc) is 2.80. The van der Waals surface area contributed by atoms with E-state index in [9.17, 15) is 13.2 Å². The Bertz CT molecular complexity index is 649. The molecular formula is C14H25N3O4S. The van der Waals surface area contributed by atoms with Gasteiger partial charge in [-0.15, -0.1) is 0 Å². The molecule has 1 rings (SSSR count). The highest BCUT2D eigenvalue weighted by molar-refractivity contribution is 7.89. The van der Waals surface area contributed by atoms with E-state index in [-0.39, 0.29) is 28.9 Å². The highest BCUT2D eigenvalue weighted by Crippen LogP contribution is 2.23. The number of nitrogens with one attached hydrogen (secondary N) is 1. The van der Waals surface area contributed by atoms with Crippen LogP contribution < -0.4 is 11.1 Å². The molecule has 1 amide bonds. The standard InChI is InChI=1S/C14H25N3O4S/c1-9(2)14(4,8-15)16-13(18)11-7-12(10(3)21-11)22(19,20)17(5)6/h7,9H,8,15H2,1-6H3,(H,16,18). The first kappa shape index (κ1) is 18.7. The van der Waals surface area contributed by atoms with Crippen LogP contribution in [0.15, 0.2) is 15.4 Å². The molecule has 1 atom stereocenters. The normalized spacial score (nSPS) is 15.1. The van der Waals surface area contributed by atoms with Gasteiger partial charge in [-0.2, -0.15) is 0 Å². The highest BCUT2D eigenvalue weighted by atomic mass is 32.2. The first-order valence-corrected chi connectivity index (χ1v) is 8.45. The summed E-state index contributed by atoms with van der Waals surface area (Å²) in [5.41, 5.74) is 5.13. The highest BCUT2D eigenvalue weighted by Gasteiger charge is 2.31. The first-order chi connectivity index (χ1) is 9.95. The Labute approximate surface area is 131 Å². The molecule has 3 N–H and O–H groups in total. The van der Waals surface area contributed by atoms with Crippen LogP contribution in [-0.2, 0) is 10.0 Å². The molecule has 1 heterocycles. The predicted molar refractivity (Wildman–Crippen MR) is 84.1 cm³/mol. The minimum absolute atomic E-state index is 0.0124. The van der Waals surface area contributed by atoms with Gasteiger partial charge >= 0.3 is 0 Å². The van der Waals surface area contributed by atoms with Gasteiger partial charge in [-0.3, -0.25) is 4.79 Å². The number of carbonyl (C=O) groups excluding carboxylic acids is 1. The Balaban J connectivity index is 3.13. The molecule has 0 bridgehead atoms. The van der Waals surface area contributed by atoms with E-state index in [0.29, 0.717) is 0 Å². The summed E-state index contributed by atoms with van der Waals surface area (Å²) in [6.45, 7) is 7.50. The zero-order chi connectivity index (χ0) is 17.3. The van der Waals surface area contributed by atoms with Crippen LogP contribution in [0.2, 0.25) is 0 Å². The van der Waals surface area contributed by atoms with Crippen molar-refractivity contribution in [2.45, 2.75) is 38.1 Å². The van der Waals surface area contributed by atoms with E-state index in [1.807, 2.05) is 20.8 Å². The third kappa shape index (κ3) is 3.50. The number of nitrogens with two attached hydrogens (primary N) is 1. The maximum absolute atomic E-state index is 12.3. The van der Waals surface area contributed by atoms with Crippen molar-refractivity contribution in [1.29, 1.82) is 0 Å². The van der Waals surface area contributed by atoms with Crippen molar-refractivity contribution in [3.05, 3.63) is 17.6 Å². The third-order valence-corrected chi connectivity index (χ3v) is 5.87. The fourth-order valence-electron chi connectivity index (χ4n) is 1.78. The summed E-state index contributed by atoms with van der Waals surface area (Å²) in [4.78, 5) is 12.3. The minimum Gasteiger partial charge on any atom is -0.455 e. The molecule has 1 aromatic rings. The maximum Gasteiger partial charge on any atom is 0.287 e. The van der Waals surface area contributed by atoms with Crippen LogP contribution in [0.5, 0.6) is 0 Å². The fraction of sp³-hybridized carbons (Fsp3) is 0.643. The van der Waals surface area contributed by atoms with Gasteiger partial charge in [-0.25, -0.2) is 12.7 Å². The summed E-state index contributed by atoms with van der Waals surface area (Å²) in [7, 11) is -0.806. The molecule has 0 fully saturated rings. The molecule has 8 heteroatoms. The lowest BCUT2D eigenvalue weighted by atomic mass is 9.88. The van der Waals surface area contributed by atoms with Gasteiger partial charge in [-0.1, -0.05) is 13.8 Å². The molecule has 0 aliphatic carbocycles. The summed E-state index contributed by atoms with van der Waals surface area (Å²) in [6, 6.07) is 1.25. The molecule has 1 unspecified atom stereocenters. The molecule has 0 saturated carbocycles. The molecule has 0 aliphatic rings. The van der Waals surface area contributed by atoms with E-state index >= 15 is 0 Å². The SMILES string of the molecule is Cc1oc(C(=O)NC(C)(CN)C(C)C)cc1S(=O)(=O)N(C)C. The lowest BCUT2D eigenvalue weighted by Crippen LogP contribution is -2.54. The van der Waals surface area contributed by atoms with Crippen molar-refractivity contribution in [2.75, 3.05) is 20.6 Å². The van der Waals surface area contributed by atoms with Gasteiger partial charge in [0.15, 0.2) is 5.76 Å². The van der Waals surface area contributed by atoms with Gasteiger partial charge in [0.1, 0.15) is 10.7 Å². The molecule has 0 aliphatic heterocycles. The van der Waals surface area contributed by atoms with E-state index in [1.54, 1.807) is 0 Å². The molecule has 1 aromatic heterocycles. The van der Waals surface area contributed by atoms with Crippen LogP contribution in [0, 0.1) is 12.8 Å². The van der Waals surface area contributed by atoms with E-state index in [4.69, 9.17) is 10.2 Å². The van der Waals surface area contributed by atoms with E-state index in [1.165, 1.54) is 27.1 Å². The lowest BCUT2D eigenvalue weighted by molar-refractivity contribution is 0.0853. The first-order valence-electron chi connectivity index (χ1n) is 7.01. The Morgan fingerprint density at radius 2 is 2.00 bits per heavy atom. The van der Waals surface area contributed by atoms with Gasteiger partial charge in [0.25, 0.3) is 5.91 Å². The van der Waals surface area contributed by atoms with Crippen molar-refractivity contribution in [2.24, 2.45) is 11.7 Å². The van der Waals surface area contributed by atoms with Gasteiger partial charge in [0, 0.05) is 26.7 Å². The van der Waals surface area contributed by atoms with E-state index in [2.05, 4.69) is 5.32 Å². The zero-order valence-electron chi connectivity index (χ0n) is 13.9. The summed E-state index contributed by atoms with van der Waals surface area (Å²) >= 11 is 0. The second kappa shape index (κ2) is 6.39. The molecule has 0 spiro atoms. The number of rotatable bonds is 6. The second-order valence-electron chi connectivity index (χ2n) is 6.05. The van der Waals surface area contributed by atoms with Crippen molar-refractivity contribution in [3.8, 4) is 0 Å². The number of carbonyl (C=O) groups is 1. The van der Waals surface area contributed by atoms with Gasteiger partial charge in [0.05, 0.1) is 5.54 Å². The summed E-state index contributed by atoms with van der Waals surface area (Å²) in [6.07, 6.45) is 0.